The van der Waals surface area contributed by atoms with Crippen molar-refractivity contribution in [1.29, 1.82) is 0 Å². The van der Waals surface area contributed by atoms with Crippen LogP contribution in [0.4, 0.5) is 0 Å². The Kier molecular flexibility index (Phi) is 3.84. The lowest BCUT2D eigenvalue weighted by Gasteiger charge is -1.87. The fraction of sp³-hybridized carbons (Fsp3) is 0. The molecule has 15 heavy (non-hydrogen) atoms. The van der Waals surface area contributed by atoms with Crippen LogP contribution in [0.2, 0.25) is 0 Å². The van der Waals surface area contributed by atoms with Crippen LogP contribution in [-0.4, -0.2) is 26.3 Å². The van der Waals surface area contributed by atoms with Gasteiger partial charge >= 0.3 is 5.97 Å². The summed E-state index contributed by atoms with van der Waals surface area (Å²) in [7, 11) is 0. The SMILES string of the molecule is O=C(O)c1ccncc1.O=c1cc[nH][nH]1. The van der Waals surface area contributed by atoms with E-state index in [9.17, 15) is 9.59 Å². The zero-order valence-electron chi connectivity index (χ0n) is 7.68. The van der Waals surface area contributed by atoms with Gasteiger partial charge in [-0.15, -0.1) is 0 Å². The first-order valence-electron chi connectivity index (χ1n) is 4.05. The van der Waals surface area contributed by atoms with Crippen LogP contribution in [0.25, 0.3) is 0 Å². The van der Waals surface area contributed by atoms with Crippen molar-refractivity contribution in [2.75, 3.05) is 0 Å². The molecule has 2 aromatic heterocycles. The number of aromatic amines is 2. The molecule has 2 rings (SSSR count). The molecule has 2 aromatic rings. The van der Waals surface area contributed by atoms with Gasteiger partial charge in [0.15, 0.2) is 0 Å². The van der Waals surface area contributed by atoms with Gasteiger partial charge in [0.1, 0.15) is 0 Å². The Bertz CT molecular complexity index is 444. The third-order valence-corrected chi connectivity index (χ3v) is 1.44. The van der Waals surface area contributed by atoms with Crippen molar-refractivity contribution in [2.45, 2.75) is 0 Å². The zero-order valence-corrected chi connectivity index (χ0v) is 7.68. The van der Waals surface area contributed by atoms with Crippen molar-refractivity contribution in [3.63, 3.8) is 0 Å². The molecule has 0 saturated heterocycles. The average Bonchev–Trinajstić information content (AvgIpc) is 2.71. The quantitative estimate of drug-likeness (QED) is 0.633. The topological polar surface area (TPSA) is 98.8 Å². The average molecular weight is 207 g/mol. The summed E-state index contributed by atoms with van der Waals surface area (Å²) in [6.07, 6.45) is 4.44. The van der Waals surface area contributed by atoms with E-state index in [0.717, 1.165) is 0 Å². The van der Waals surface area contributed by atoms with Gasteiger partial charge in [0.2, 0.25) is 0 Å². The van der Waals surface area contributed by atoms with Crippen LogP contribution in [0.5, 0.6) is 0 Å². The fourth-order valence-electron chi connectivity index (χ4n) is 0.766. The van der Waals surface area contributed by atoms with Crippen molar-refractivity contribution < 1.29 is 9.90 Å². The molecule has 0 aliphatic carbocycles. The van der Waals surface area contributed by atoms with Crippen molar-refractivity contribution in [3.05, 3.63) is 52.7 Å². The normalized spacial score (nSPS) is 8.80. The van der Waals surface area contributed by atoms with Gasteiger partial charge < -0.3 is 10.2 Å². The summed E-state index contributed by atoms with van der Waals surface area (Å²) in [5, 5.41) is 13.2. The summed E-state index contributed by atoms with van der Waals surface area (Å²) in [6.45, 7) is 0. The number of H-pyrrole nitrogens is 2. The molecule has 3 N–H and O–H groups in total. The minimum absolute atomic E-state index is 0.0880. The van der Waals surface area contributed by atoms with E-state index < -0.39 is 5.97 Å². The molecule has 78 valence electrons. The molecule has 0 aromatic carbocycles. The lowest BCUT2D eigenvalue weighted by Crippen LogP contribution is -1.94. The molecule has 0 unspecified atom stereocenters. The van der Waals surface area contributed by atoms with Crippen LogP contribution < -0.4 is 5.56 Å². The third-order valence-electron chi connectivity index (χ3n) is 1.44. The summed E-state index contributed by atoms with van der Waals surface area (Å²) in [4.78, 5) is 23.8. The van der Waals surface area contributed by atoms with Crippen LogP contribution >= 0.6 is 0 Å². The van der Waals surface area contributed by atoms with Crippen LogP contribution in [0.15, 0.2) is 41.6 Å². The monoisotopic (exact) mass is 207 g/mol. The Labute approximate surface area is 84.6 Å². The molecule has 0 radical (unpaired) electrons. The molecule has 0 amide bonds. The number of hydrogen-bond donors (Lipinski definition) is 3. The molecular weight excluding hydrogens is 198 g/mol. The van der Waals surface area contributed by atoms with Gasteiger partial charge in [0.25, 0.3) is 5.56 Å². The number of carboxylic acids is 1. The third kappa shape index (κ3) is 3.90. The van der Waals surface area contributed by atoms with Crippen molar-refractivity contribution in [2.24, 2.45) is 0 Å². The summed E-state index contributed by atoms with van der Waals surface area (Å²) >= 11 is 0. The zero-order chi connectivity index (χ0) is 11.1. The standard InChI is InChI=1S/C6H5NO2.C3H4N2O/c8-6(9)5-1-3-7-4-2-5;6-3-1-2-4-5-3/h1-4H,(H,8,9);1-2H,(H2,4,5,6). The van der Waals surface area contributed by atoms with E-state index in [1.165, 1.54) is 30.6 Å². The van der Waals surface area contributed by atoms with Crippen molar-refractivity contribution >= 4 is 5.97 Å². The summed E-state index contributed by atoms with van der Waals surface area (Å²) in [5.41, 5.74) is 0.181. The van der Waals surface area contributed by atoms with E-state index in [1.54, 1.807) is 6.20 Å². The van der Waals surface area contributed by atoms with Gasteiger partial charge in [-0.3, -0.25) is 14.9 Å². The number of nitrogens with one attached hydrogen (secondary N) is 2. The highest BCUT2D eigenvalue weighted by atomic mass is 16.4. The Morgan fingerprint density at radius 1 is 1.27 bits per heavy atom. The number of aromatic nitrogens is 3. The maximum Gasteiger partial charge on any atom is 0.335 e. The lowest BCUT2D eigenvalue weighted by molar-refractivity contribution is 0.0697. The maximum atomic E-state index is 10.2. The van der Waals surface area contributed by atoms with E-state index in [1.807, 2.05) is 0 Å². The number of pyridine rings is 1. The molecule has 0 bridgehead atoms. The molecule has 0 fully saturated rings. The smallest absolute Gasteiger partial charge is 0.335 e. The number of carboxylic acid groups (broad SMARTS) is 1. The first kappa shape index (κ1) is 10.7. The van der Waals surface area contributed by atoms with E-state index >= 15 is 0 Å². The minimum Gasteiger partial charge on any atom is -0.478 e. The first-order valence-corrected chi connectivity index (χ1v) is 4.05. The predicted octanol–water partition coefficient (Wildman–Crippen LogP) is 0.483. The molecule has 0 aliphatic heterocycles. The molecule has 0 aliphatic rings. The second-order valence-corrected chi connectivity index (χ2v) is 2.51. The second-order valence-electron chi connectivity index (χ2n) is 2.51. The molecule has 0 spiro atoms. The highest BCUT2D eigenvalue weighted by molar-refractivity contribution is 5.87. The number of rotatable bonds is 1. The Morgan fingerprint density at radius 2 is 1.93 bits per heavy atom. The van der Waals surface area contributed by atoms with Gasteiger partial charge in [0.05, 0.1) is 5.56 Å². The van der Waals surface area contributed by atoms with Gasteiger partial charge in [-0.25, -0.2) is 4.79 Å². The fourth-order valence-corrected chi connectivity index (χ4v) is 0.766. The van der Waals surface area contributed by atoms with Crippen LogP contribution in [0.3, 0.4) is 0 Å². The van der Waals surface area contributed by atoms with Crippen LogP contribution in [0, 0.1) is 0 Å². The molecule has 0 saturated carbocycles. The number of hydrogen-bond acceptors (Lipinski definition) is 3. The highest BCUT2D eigenvalue weighted by Gasteiger charge is 1.97. The summed E-state index contributed by atoms with van der Waals surface area (Å²) < 4.78 is 0. The molecule has 6 nitrogen and oxygen atoms in total. The largest absolute Gasteiger partial charge is 0.478 e. The maximum absolute atomic E-state index is 10.2. The second kappa shape index (κ2) is 5.38. The van der Waals surface area contributed by atoms with Crippen LogP contribution in [-0.2, 0) is 0 Å². The number of nitrogens with zero attached hydrogens (tertiary/aromatic N) is 1. The molecule has 2 heterocycles. The van der Waals surface area contributed by atoms with Gasteiger partial charge in [-0.2, -0.15) is 0 Å². The summed E-state index contributed by atoms with van der Waals surface area (Å²) in [6, 6.07) is 4.31. The van der Waals surface area contributed by atoms with E-state index in [2.05, 4.69) is 15.2 Å². The van der Waals surface area contributed by atoms with Gasteiger partial charge in [0, 0.05) is 24.7 Å². The van der Waals surface area contributed by atoms with E-state index in [4.69, 9.17) is 5.11 Å². The van der Waals surface area contributed by atoms with E-state index in [-0.39, 0.29) is 11.1 Å². The van der Waals surface area contributed by atoms with Crippen molar-refractivity contribution in [3.8, 4) is 0 Å². The Balaban J connectivity index is 0.000000162. The van der Waals surface area contributed by atoms with Gasteiger partial charge in [-0.05, 0) is 12.1 Å². The van der Waals surface area contributed by atoms with E-state index in [0.29, 0.717) is 0 Å². The minimum atomic E-state index is -0.919. The summed E-state index contributed by atoms with van der Waals surface area (Å²) in [5.74, 6) is -0.919. The van der Waals surface area contributed by atoms with Crippen molar-refractivity contribution in [1.82, 2.24) is 15.2 Å². The molecule has 0 atom stereocenters. The Hall–Kier alpha value is -2.37. The highest BCUT2D eigenvalue weighted by Crippen LogP contribution is 1.93. The Morgan fingerprint density at radius 3 is 2.20 bits per heavy atom. The lowest BCUT2D eigenvalue weighted by atomic mass is 10.3. The number of aromatic carboxylic acids is 1. The van der Waals surface area contributed by atoms with Gasteiger partial charge in [-0.1, -0.05) is 0 Å². The molecular formula is C9H9N3O3. The first-order chi connectivity index (χ1) is 7.20. The van der Waals surface area contributed by atoms with Crippen LogP contribution in [0.1, 0.15) is 10.4 Å². The number of carbonyl (C=O) groups is 1. The molecule has 6 heteroatoms. The predicted molar refractivity (Wildman–Crippen MR) is 52.6 cm³/mol.